The van der Waals surface area contributed by atoms with Crippen LogP contribution in [0.1, 0.15) is 30.7 Å². The molecule has 0 aromatic carbocycles. The maximum absolute atomic E-state index is 11.5. The topological polar surface area (TPSA) is 46.2 Å². The van der Waals surface area contributed by atoms with Crippen molar-refractivity contribution in [3.63, 3.8) is 0 Å². The number of hydrogen-bond donors (Lipinski definition) is 1. The lowest BCUT2D eigenvalue weighted by molar-refractivity contribution is 0.440. The van der Waals surface area contributed by atoms with Gasteiger partial charge < -0.3 is 5.32 Å². The fourth-order valence-electron chi connectivity index (χ4n) is 2.15. The molecular formula is C11H16ClNO2S2. The summed E-state index contributed by atoms with van der Waals surface area (Å²) in [5.41, 5.74) is 0. The third-order valence-corrected chi connectivity index (χ3v) is 6.20. The highest BCUT2D eigenvalue weighted by Gasteiger charge is 2.25. The second-order valence-corrected chi connectivity index (χ2v) is 8.46. The lowest BCUT2D eigenvalue weighted by atomic mass is 10.1. The number of sulfone groups is 1. The lowest BCUT2D eigenvalue weighted by Gasteiger charge is -2.26. The van der Waals surface area contributed by atoms with Crippen molar-refractivity contribution in [1.82, 2.24) is 5.32 Å². The summed E-state index contributed by atoms with van der Waals surface area (Å²) < 4.78 is 23.8. The second kappa shape index (κ2) is 5.26. The SMILES string of the molecule is CC(NC1CCCS(=O)(=O)C1)c1ccc(Cl)s1. The number of hydrogen-bond acceptors (Lipinski definition) is 4. The summed E-state index contributed by atoms with van der Waals surface area (Å²) in [4.78, 5) is 1.15. The maximum Gasteiger partial charge on any atom is 0.151 e. The Bertz CT molecular complexity index is 483. The minimum Gasteiger partial charge on any atom is -0.306 e. The van der Waals surface area contributed by atoms with Crippen molar-refractivity contribution in [2.75, 3.05) is 11.5 Å². The van der Waals surface area contributed by atoms with Crippen molar-refractivity contribution in [2.24, 2.45) is 0 Å². The normalized spacial score (nSPS) is 25.6. The summed E-state index contributed by atoms with van der Waals surface area (Å²) >= 11 is 7.43. The van der Waals surface area contributed by atoms with Crippen molar-refractivity contribution in [1.29, 1.82) is 0 Å². The van der Waals surface area contributed by atoms with Crippen molar-refractivity contribution in [3.05, 3.63) is 21.3 Å². The highest BCUT2D eigenvalue weighted by molar-refractivity contribution is 7.91. The lowest BCUT2D eigenvalue weighted by Crippen LogP contribution is -2.41. The van der Waals surface area contributed by atoms with E-state index in [1.54, 1.807) is 0 Å². The number of rotatable bonds is 3. The summed E-state index contributed by atoms with van der Waals surface area (Å²) in [6.07, 6.45) is 1.70. The molecule has 96 valence electrons. The van der Waals surface area contributed by atoms with Crippen LogP contribution in [0.4, 0.5) is 0 Å². The molecule has 1 saturated heterocycles. The third-order valence-electron chi connectivity index (χ3n) is 2.97. The average Bonchev–Trinajstić information content (AvgIpc) is 2.63. The van der Waals surface area contributed by atoms with Gasteiger partial charge in [0.05, 0.1) is 15.8 Å². The van der Waals surface area contributed by atoms with Gasteiger partial charge in [-0.05, 0) is 31.9 Å². The molecule has 1 aliphatic heterocycles. The molecule has 3 nitrogen and oxygen atoms in total. The zero-order chi connectivity index (χ0) is 12.5. The molecule has 1 aromatic rings. The van der Waals surface area contributed by atoms with Gasteiger partial charge in [-0.1, -0.05) is 11.6 Å². The van der Waals surface area contributed by atoms with E-state index in [4.69, 9.17) is 11.6 Å². The van der Waals surface area contributed by atoms with Crippen molar-refractivity contribution >= 4 is 32.8 Å². The van der Waals surface area contributed by atoms with Crippen LogP contribution in [-0.2, 0) is 9.84 Å². The summed E-state index contributed by atoms with van der Waals surface area (Å²) in [6.45, 7) is 2.05. The molecule has 1 fully saturated rings. The summed E-state index contributed by atoms with van der Waals surface area (Å²) in [7, 11) is -2.84. The molecular weight excluding hydrogens is 278 g/mol. The molecule has 1 N–H and O–H groups in total. The monoisotopic (exact) mass is 293 g/mol. The van der Waals surface area contributed by atoms with E-state index in [1.165, 1.54) is 11.3 Å². The molecule has 17 heavy (non-hydrogen) atoms. The molecule has 6 heteroatoms. The molecule has 0 saturated carbocycles. The van der Waals surface area contributed by atoms with Gasteiger partial charge in [-0.15, -0.1) is 11.3 Å². The first kappa shape index (κ1) is 13.3. The van der Waals surface area contributed by atoms with E-state index in [1.807, 2.05) is 19.1 Å². The molecule has 0 aliphatic carbocycles. The molecule has 0 amide bonds. The predicted molar refractivity (Wildman–Crippen MR) is 72.6 cm³/mol. The van der Waals surface area contributed by atoms with E-state index in [-0.39, 0.29) is 17.8 Å². The number of nitrogens with one attached hydrogen (secondary N) is 1. The van der Waals surface area contributed by atoms with E-state index >= 15 is 0 Å². The minimum atomic E-state index is -2.84. The maximum atomic E-state index is 11.5. The van der Waals surface area contributed by atoms with Crippen LogP contribution in [-0.4, -0.2) is 26.0 Å². The molecule has 0 radical (unpaired) electrons. The van der Waals surface area contributed by atoms with E-state index < -0.39 is 9.84 Å². The Labute approximate surface area is 111 Å². The van der Waals surface area contributed by atoms with Gasteiger partial charge in [-0.2, -0.15) is 0 Å². The smallest absolute Gasteiger partial charge is 0.151 e. The fourth-order valence-corrected chi connectivity index (χ4v) is 4.87. The Morgan fingerprint density at radius 3 is 2.88 bits per heavy atom. The number of thiophene rings is 1. The van der Waals surface area contributed by atoms with Crippen LogP contribution in [0.15, 0.2) is 12.1 Å². The summed E-state index contributed by atoms with van der Waals surface area (Å²) in [5.74, 6) is 0.598. The van der Waals surface area contributed by atoms with Gasteiger partial charge in [0.2, 0.25) is 0 Å². The molecule has 2 atom stereocenters. The molecule has 1 aromatic heterocycles. The molecule has 1 aliphatic rings. The molecule has 2 heterocycles. The predicted octanol–water partition coefficient (Wildman–Crippen LogP) is 2.63. The highest BCUT2D eigenvalue weighted by Crippen LogP contribution is 2.27. The van der Waals surface area contributed by atoms with Crippen LogP contribution in [0.3, 0.4) is 0 Å². The first-order chi connectivity index (χ1) is 7.96. The standard InChI is InChI=1S/C11H16ClNO2S2/c1-8(10-4-5-11(12)16-10)13-9-3-2-6-17(14,15)7-9/h4-5,8-9,13H,2-3,6-7H2,1H3. The van der Waals surface area contributed by atoms with Gasteiger partial charge in [0, 0.05) is 17.0 Å². The summed E-state index contributed by atoms with van der Waals surface area (Å²) in [5, 5.41) is 3.38. The molecule has 2 unspecified atom stereocenters. The van der Waals surface area contributed by atoms with Gasteiger partial charge in [0.1, 0.15) is 0 Å². The molecule has 0 spiro atoms. The van der Waals surface area contributed by atoms with Crippen molar-refractivity contribution in [3.8, 4) is 0 Å². The Balaban J connectivity index is 1.97. The molecule has 0 bridgehead atoms. The van der Waals surface area contributed by atoms with Crippen molar-refractivity contribution in [2.45, 2.75) is 31.8 Å². The Morgan fingerprint density at radius 1 is 1.53 bits per heavy atom. The number of halogens is 1. The van der Waals surface area contributed by atoms with Crippen molar-refractivity contribution < 1.29 is 8.42 Å². The van der Waals surface area contributed by atoms with Crippen LogP contribution < -0.4 is 5.32 Å². The van der Waals surface area contributed by atoms with Crippen LogP contribution in [0.5, 0.6) is 0 Å². The van der Waals surface area contributed by atoms with Crippen LogP contribution in [0.2, 0.25) is 4.34 Å². The quantitative estimate of drug-likeness (QED) is 0.932. The minimum absolute atomic E-state index is 0.0737. The Morgan fingerprint density at radius 2 is 2.29 bits per heavy atom. The summed E-state index contributed by atoms with van der Waals surface area (Å²) in [6, 6.07) is 4.09. The van der Waals surface area contributed by atoms with Crippen LogP contribution >= 0.6 is 22.9 Å². The van der Waals surface area contributed by atoms with E-state index in [0.717, 1.165) is 22.1 Å². The zero-order valence-corrected chi connectivity index (χ0v) is 12.0. The first-order valence-corrected chi connectivity index (χ1v) is 8.69. The fraction of sp³-hybridized carbons (Fsp3) is 0.636. The average molecular weight is 294 g/mol. The second-order valence-electron chi connectivity index (χ2n) is 4.48. The van der Waals surface area contributed by atoms with Gasteiger partial charge in [0.25, 0.3) is 0 Å². The molecule has 2 rings (SSSR count). The Hall–Kier alpha value is -0.100. The highest BCUT2D eigenvalue weighted by atomic mass is 35.5. The van der Waals surface area contributed by atoms with E-state index in [2.05, 4.69) is 5.32 Å². The van der Waals surface area contributed by atoms with Gasteiger partial charge >= 0.3 is 0 Å². The Kier molecular flexibility index (Phi) is 4.13. The zero-order valence-electron chi connectivity index (χ0n) is 9.65. The largest absolute Gasteiger partial charge is 0.306 e. The van der Waals surface area contributed by atoms with E-state index in [9.17, 15) is 8.42 Å². The van der Waals surface area contributed by atoms with Crippen LogP contribution in [0, 0.1) is 0 Å². The van der Waals surface area contributed by atoms with Gasteiger partial charge in [-0.3, -0.25) is 0 Å². The van der Waals surface area contributed by atoms with Gasteiger partial charge in [-0.25, -0.2) is 8.42 Å². The third kappa shape index (κ3) is 3.68. The van der Waals surface area contributed by atoms with Crippen LogP contribution in [0.25, 0.3) is 0 Å². The van der Waals surface area contributed by atoms with Gasteiger partial charge in [0.15, 0.2) is 9.84 Å². The first-order valence-electron chi connectivity index (χ1n) is 5.68. The van der Waals surface area contributed by atoms with E-state index in [0.29, 0.717) is 5.75 Å².